The second-order valence-corrected chi connectivity index (χ2v) is 8.05. The Labute approximate surface area is 180 Å². The number of fused-ring (bicyclic) bond motifs is 1. The molecule has 0 spiro atoms. The van der Waals surface area contributed by atoms with Crippen LogP contribution in [0.15, 0.2) is 36.5 Å². The van der Waals surface area contributed by atoms with Gasteiger partial charge in [-0.3, -0.25) is 9.48 Å². The van der Waals surface area contributed by atoms with Crippen LogP contribution in [0.1, 0.15) is 40.2 Å². The molecule has 31 heavy (non-hydrogen) atoms. The maximum Gasteiger partial charge on any atom is 0.270 e. The molecule has 1 aromatic carbocycles. The molecule has 3 aromatic rings. The maximum absolute atomic E-state index is 12.9. The molecule has 1 amide bonds. The standard InChI is InChI=1S/C23H25N5O3/c1-28-14-21(26-27-28)16-4-2-15(3-5-16)12-17-13-20(25-19-8-11-31-22(17)19)23(29)24-18-6-9-30-10-7-18/h2-5,13-14,18H,6-12H2,1H3,(H,24,29). The number of nitrogens with zero attached hydrogens (tertiary/aromatic N) is 4. The lowest BCUT2D eigenvalue weighted by atomic mass is 10.0. The van der Waals surface area contributed by atoms with Crippen LogP contribution in [0.5, 0.6) is 5.75 Å². The van der Waals surface area contributed by atoms with Crippen molar-refractivity contribution < 1.29 is 14.3 Å². The Balaban J connectivity index is 1.36. The van der Waals surface area contributed by atoms with Crippen LogP contribution in [0.2, 0.25) is 0 Å². The molecular weight excluding hydrogens is 394 g/mol. The van der Waals surface area contributed by atoms with E-state index in [1.165, 1.54) is 0 Å². The second-order valence-electron chi connectivity index (χ2n) is 8.05. The molecule has 1 N–H and O–H groups in total. The van der Waals surface area contributed by atoms with Gasteiger partial charge in [0.15, 0.2) is 0 Å². The SMILES string of the molecule is Cn1cc(-c2ccc(Cc3cc(C(=O)NC4CCOCC4)nc4c3OCC4)cc2)nn1. The number of amides is 1. The zero-order valence-electron chi connectivity index (χ0n) is 17.5. The van der Waals surface area contributed by atoms with Crippen molar-refractivity contribution in [1.82, 2.24) is 25.3 Å². The van der Waals surface area contributed by atoms with Gasteiger partial charge >= 0.3 is 0 Å². The van der Waals surface area contributed by atoms with Crippen LogP contribution < -0.4 is 10.1 Å². The minimum Gasteiger partial charge on any atom is -0.491 e. The van der Waals surface area contributed by atoms with Crippen LogP contribution >= 0.6 is 0 Å². The fraction of sp³-hybridized carbons (Fsp3) is 0.391. The average Bonchev–Trinajstić information content (AvgIpc) is 3.44. The van der Waals surface area contributed by atoms with Crippen molar-refractivity contribution in [2.24, 2.45) is 7.05 Å². The monoisotopic (exact) mass is 419 g/mol. The van der Waals surface area contributed by atoms with Gasteiger partial charge in [-0.05, 0) is 24.5 Å². The number of benzene rings is 1. The van der Waals surface area contributed by atoms with Crippen molar-refractivity contribution in [2.75, 3.05) is 19.8 Å². The van der Waals surface area contributed by atoms with Crippen LogP contribution in [0.4, 0.5) is 0 Å². The van der Waals surface area contributed by atoms with Gasteiger partial charge in [0.1, 0.15) is 17.1 Å². The highest BCUT2D eigenvalue weighted by Gasteiger charge is 2.24. The van der Waals surface area contributed by atoms with E-state index >= 15 is 0 Å². The number of nitrogens with one attached hydrogen (secondary N) is 1. The van der Waals surface area contributed by atoms with Gasteiger partial charge in [0.25, 0.3) is 5.91 Å². The summed E-state index contributed by atoms with van der Waals surface area (Å²) in [6.45, 7) is 1.98. The van der Waals surface area contributed by atoms with Gasteiger partial charge in [0.2, 0.25) is 0 Å². The van der Waals surface area contributed by atoms with E-state index in [4.69, 9.17) is 9.47 Å². The average molecular weight is 419 g/mol. The molecule has 4 heterocycles. The van der Waals surface area contributed by atoms with Crippen molar-refractivity contribution in [1.29, 1.82) is 0 Å². The zero-order valence-corrected chi connectivity index (χ0v) is 17.5. The zero-order chi connectivity index (χ0) is 21.2. The summed E-state index contributed by atoms with van der Waals surface area (Å²) >= 11 is 0. The lowest BCUT2D eigenvalue weighted by Crippen LogP contribution is -2.39. The van der Waals surface area contributed by atoms with Gasteiger partial charge in [-0.15, -0.1) is 5.10 Å². The van der Waals surface area contributed by atoms with Crippen LogP contribution in [-0.2, 0) is 24.6 Å². The van der Waals surface area contributed by atoms with Crippen LogP contribution in [0.25, 0.3) is 11.3 Å². The third-order valence-corrected chi connectivity index (χ3v) is 5.74. The topological polar surface area (TPSA) is 91.2 Å². The summed E-state index contributed by atoms with van der Waals surface area (Å²) in [4.78, 5) is 17.4. The van der Waals surface area contributed by atoms with Gasteiger partial charge in [-0.1, -0.05) is 29.5 Å². The summed E-state index contributed by atoms with van der Waals surface area (Å²) in [5.41, 5.74) is 5.31. The largest absolute Gasteiger partial charge is 0.491 e. The molecule has 0 unspecified atom stereocenters. The molecule has 0 aliphatic carbocycles. The number of aromatic nitrogens is 4. The van der Waals surface area contributed by atoms with E-state index in [9.17, 15) is 4.79 Å². The Morgan fingerprint density at radius 3 is 2.74 bits per heavy atom. The van der Waals surface area contributed by atoms with Gasteiger partial charge in [0.05, 0.1) is 18.5 Å². The van der Waals surface area contributed by atoms with Crippen LogP contribution in [0, 0.1) is 0 Å². The number of ether oxygens (including phenoxy) is 2. The first kappa shape index (κ1) is 19.7. The molecule has 5 rings (SSSR count). The molecule has 0 bridgehead atoms. The Kier molecular flexibility index (Phi) is 5.38. The Morgan fingerprint density at radius 2 is 2.00 bits per heavy atom. The van der Waals surface area contributed by atoms with Crippen LogP contribution in [-0.4, -0.2) is 51.7 Å². The maximum atomic E-state index is 12.9. The lowest BCUT2D eigenvalue weighted by Gasteiger charge is -2.23. The number of carbonyl (C=O) groups excluding carboxylic acids is 1. The molecule has 8 nitrogen and oxygen atoms in total. The molecular formula is C23H25N5O3. The van der Waals surface area contributed by atoms with Gasteiger partial charge in [0, 0.05) is 50.3 Å². The fourth-order valence-electron chi connectivity index (χ4n) is 4.08. The summed E-state index contributed by atoms with van der Waals surface area (Å²) < 4.78 is 12.9. The minimum atomic E-state index is -0.124. The summed E-state index contributed by atoms with van der Waals surface area (Å²) in [5, 5.41) is 11.3. The first-order chi connectivity index (χ1) is 15.2. The predicted octanol–water partition coefficient (Wildman–Crippen LogP) is 2.31. The first-order valence-corrected chi connectivity index (χ1v) is 10.7. The molecule has 0 saturated carbocycles. The normalized spacial score (nSPS) is 16.0. The molecule has 2 aliphatic heterocycles. The summed E-state index contributed by atoms with van der Waals surface area (Å²) in [7, 11) is 1.85. The van der Waals surface area contributed by atoms with Gasteiger partial charge < -0.3 is 14.8 Å². The highest BCUT2D eigenvalue weighted by molar-refractivity contribution is 5.93. The fourth-order valence-corrected chi connectivity index (χ4v) is 4.08. The molecule has 0 radical (unpaired) electrons. The number of carbonyl (C=O) groups is 1. The number of aryl methyl sites for hydroxylation is 1. The van der Waals surface area contributed by atoms with E-state index in [1.54, 1.807) is 4.68 Å². The van der Waals surface area contributed by atoms with E-state index in [2.05, 4.69) is 32.7 Å². The Hall–Kier alpha value is -3.26. The number of hydrogen-bond donors (Lipinski definition) is 1. The lowest BCUT2D eigenvalue weighted by molar-refractivity contribution is 0.0694. The minimum absolute atomic E-state index is 0.124. The van der Waals surface area contributed by atoms with E-state index in [1.807, 2.05) is 31.4 Å². The second kappa shape index (κ2) is 8.47. The molecule has 160 valence electrons. The van der Waals surface area contributed by atoms with E-state index in [0.29, 0.717) is 31.9 Å². The summed E-state index contributed by atoms with van der Waals surface area (Å²) in [6, 6.07) is 10.3. The van der Waals surface area contributed by atoms with Crippen molar-refractivity contribution in [3.63, 3.8) is 0 Å². The van der Waals surface area contributed by atoms with Crippen molar-refractivity contribution in [2.45, 2.75) is 31.7 Å². The number of pyridine rings is 1. The van der Waals surface area contributed by atoms with Crippen molar-refractivity contribution >= 4 is 5.91 Å². The predicted molar refractivity (Wildman–Crippen MR) is 114 cm³/mol. The first-order valence-electron chi connectivity index (χ1n) is 10.7. The summed E-state index contributed by atoms with van der Waals surface area (Å²) in [5.74, 6) is 0.696. The van der Waals surface area contributed by atoms with Crippen LogP contribution in [0.3, 0.4) is 0 Å². The highest BCUT2D eigenvalue weighted by atomic mass is 16.5. The van der Waals surface area contributed by atoms with E-state index in [0.717, 1.165) is 53.1 Å². The van der Waals surface area contributed by atoms with Gasteiger partial charge in [-0.2, -0.15) is 0 Å². The number of rotatable bonds is 5. The number of hydrogen-bond acceptors (Lipinski definition) is 6. The Bertz CT molecular complexity index is 1090. The van der Waals surface area contributed by atoms with E-state index in [-0.39, 0.29) is 11.9 Å². The molecule has 2 aromatic heterocycles. The molecule has 8 heteroatoms. The summed E-state index contributed by atoms with van der Waals surface area (Å²) in [6.07, 6.45) is 4.97. The molecule has 1 fully saturated rings. The van der Waals surface area contributed by atoms with Gasteiger partial charge in [-0.25, -0.2) is 4.98 Å². The highest BCUT2D eigenvalue weighted by Crippen LogP contribution is 2.31. The third-order valence-electron chi connectivity index (χ3n) is 5.74. The molecule has 2 aliphatic rings. The van der Waals surface area contributed by atoms with E-state index < -0.39 is 0 Å². The van der Waals surface area contributed by atoms with Crippen molar-refractivity contribution in [3.8, 4) is 17.0 Å². The van der Waals surface area contributed by atoms with Crippen molar-refractivity contribution in [3.05, 3.63) is 59.0 Å². The third kappa shape index (κ3) is 4.29. The molecule has 0 atom stereocenters. The quantitative estimate of drug-likeness (QED) is 0.683. The Morgan fingerprint density at radius 1 is 1.19 bits per heavy atom. The molecule has 1 saturated heterocycles. The smallest absolute Gasteiger partial charge is 0.270 e.